The summed E-state index contributed by atoms with van der Waals surface area (Å²) >= 11 is 0. The maximum atomic E-state index is 11.2. The van der Waals surface area contributed by atoms with E-state index in [1.165, 1.54) is 12.4 Å². The lowest BCUT2D eigenvalue weighted by atomic mass is 10.0. The van der Waals surface area contributed by atoms with Crippen LogP contribution < -0.4 is 5.32 Å². The highest BCUT2D eigenvalue weighted by Gasteiger charge is 2.17. The highest BCUT2D eigenvalue weighted by molar-refractivity contribution is 5.62. The number of anilines is 1. The molecule has 7 heteroatoms. The molecule has 0 aliphatic rings. The number of pyridine rings is 1. The molecule has 0 saturated heterocycles. The van der Waals surface area contributed by atoms with E-state index < -0.39 is 4.92 Å². The zero-order chi connectivity index (χ0) is 17.8. The monoisotopic (exact) mass is 335 g/mol. The average molecular weight is 335 g/mol. The Bertz CT molecular complexity index is 882. The van der Waals surface area contributed by atoms with E-state index >= 15 is 0 Å². The molecule has 0 bridgehead atoms. The zero-order valence-corrected chi connectivity index (χ0v) is 13.9. The standard InChI is InChI=1S/C18H17N5O2/c1-12-7-17(23(24)25)18(21-8-12)22-13(2)14-3-5-15(6-4-14)16-9-19-11-20-10-16/h3-11,13H,1-2H3,(H,21,22). The molecule has 7 nitrogen and oxygen atoms in total. The van der Waals surface area contributed by atoms with Gasteiger partial charge in [-0.05, 0) is 30.5 Å². The second kappa shape index (κ2) is 7.04. The highest BCUT2D eigenvalue weighted by Crippen LogP contribution is 2.27. The Morgan fingerprint density at radius 1 is 1.08 bits per heavy atom. The van der Waals surface area contributed by atoms with Gasteiger partial charge in [0.15, 0.2) is 0 Å². The second-order valence-corrected chi connectivity index (χ2v) is 5.75. The molecule has 1 aromatic carbocycles. The topological polar surface area (TPSA) is 93.8 Å². The van der Waals surface area contributed by atoms with E-state index in [-0.39, 0.29) is 17.5 Å². The van der Waals surface area contributed by atoms with Crippen molar-refractivity contribution >= 4 is 11.5 Å². The van der Waals surface area contributed by atoms with Crippen molar-refractivity contribution < 1.29 is 4.92 Å². The van der Waals surface area contributed by atoms with Crippen LogP contribution in [-0.4, -0.2) is 19.9 Å². The molecule has 1 N–H and O–H groups in total. The fourth-order valence-electron chi connectivity index (χ4n) is 2.50. The summed E-state index contributed by atoms with van der Waals surface area (Å²) in [6.07, 6.45) is 6.61. The van der Waals surface area contributed by atoms with Gasteiger partial charge in [-0.2, -0.15) is 0 Å². The van der Waals surface area contributed by atoms with Crippen molar-refractivity contribution in [1.82, 2.24) is 15.0 Å². The Morgan fingerprint density at radius 2 is 1.76 bits per heavy atom. The van der Waals surface area contributed by atoms with Crippen molar-refractivity contribution in [3.63, 3.8) is 0 Å². The first-order valence-corrected chi connectivity index (χ1v) is 7.77. The van der Waals surface area contributed by atoms with Crippen LogP contribution in [0.4, 0.5) is 11.5 Å². The number of benzene rings is 1. The Hall–Kier alpha value is -3.35. The molecule has 2 aromatic heterocycles. The minimum absolute atomic E-state index is 0.0232. The SMILES string of the molecule is Cc1cnc(NC(C)c2ccc(-c3cncnc3)cc2)c([N+](=O)[O-])c1. The number of nitro groups is 1. The van der Waals surface area contributed by atoms with E-state index in [1.54, 1.807) is 25.5 Å². The molecule has 3 aromatic rings. The van der Waals surface area contributed by atoms with E-state index in [0.29, 0.717) is 0 Å². The smallest absolute Gasteiger partial charge is 0.311 e. The van der Waals surface area contributed by atoms with Crippen molar-refractivity contribution in [1.29, 1.82) is 0 Å². The van der Waals surface area contributed by atoms with Gasteiger partial charge in [-0.3, -0.25) is 10.1 Å². The first-order chi connectivity index (χ1) is 12.0. The van der Waals surface area contributed by atoms with Gasteiger partial charge in [0.05, 0.1) is 11.0 Å². The van der Waals surface area contributed by atoms with Gasteiger partial charge in [-0.15, -0.1) is 0 Å². The number of nitrogens with one attached hydrogen (secondary N) is 1. The normalized spacial score (nSPS) is 11.8. The van der Waals surface area contributed by atoms with Crippen molar-refractivity contribution in [3.8, 4) is 11.1 Å². The quantitative estimate of drug-likeness (QED) is 0.561. The van der Waals surface area contributed by atoms with Gasteiger partial charge in [0.1, 0.15) is 6.33 Å². The van der Waals surface area contributed by atoms with E-state index in [0.717, 1.165) is 22.3 Å². The predicted octanol–water partition coefficient (Wildman–Crippen LogP) is 3.93. The maximum Gasteiger partial charge on any atom is 0.311 e. The summed E-state index contributed by atoms with van der Waals surface area (Å²) in [6.45, 7) is 3.71. The molecule has 3 rings (SSSR count). The molecule has 25 heavy (non-hydrogen) atoms. The van der Waals surface area contributed by atoms with Crippen LogP contribution in [0.3, 0.4) is 0 Å². The average Bonchev–Trinajstić information content (AvgIpc) is 2.64. The summed E-state index contributed by atoms with van der Waals surface area (Å²) in [6, 6.07) is 9.28. The summed E-state index contributed by atoms with van der Waals surface area (Å²) in [4.78, 5) is 23.0. The van der Waals surface area contributed by atoms with E-state index in [9.17, 15) is 10.1 Å². The third-order valence-corrected chi connectivity index (χ3v) is 3.86. The van der Waals surface area contributed by atoms with Crippen LogP contribution in [0.25, 0.3) is 11.1 Å². The summed E-state index contributed by atoms with van der Waals surface area (Å²) in [7, 11) is 0. The van der Waals surface area contributed by atoms with Crippen LogP contribution in [0.15, 0.2) is 55.2 Å². The molecule has 0 fully saturated rings. The van der Waals surface area contributed by atoms with Gasteiger partial charge in [0, 0.05) is 30.2 Å². The van der Waals surface area contributed by atoms with Gasteiger partial charge in [-0.25, -0.2) is 15.0 Å². The molecule has 0 radical (unpaired) electrons. The van der Waals surface area contributed by atoms with Crippen LogP contribution in [0.5, 0.6) is 0 Å². The van der Waals surface area contributed by atoms with Crippen LogP contribution in [0.2, 0.25) is 0 Å². The molecule has 1 unspecified atom stereocenters. The van der Waals surface area contributed by atoms with Gasteiger partial charge in [0.25, 0.3) is 0 Å². The summed E-state index contributed by atoms with van der Waals surface area (Å²) in [5, 5.41) is 14.3. The molecule has 0 spiro atoms. The summed E-state index contributed by atoms with van der Waals surface area (Å²) in [5.41, 5.74) is 3.67. The molecule has 0 amide bonds. The summed E-state index contributed by atoms with van der Waals surface area (Å²) < 4.78 is 0. The van der Waals surface area contributed by atoms with Crippen LogP contribution >= 0.6 is 0 Å². The minimum atomic E-state index is -0.423. The molecule has 2 heterocycles. The first-order valence-electron chi connectivity index (χ1n) is 7.77. The first kappa shape index (κ1) is 16.5. The second-order valence-electron chi connectivity index (χ2n) is 5.75. The molecule has 0 saturated carbocycles. The van der Waals surface area contributed by atoms with Crippen molar-refractivity contribution in [2.75, 3.05) is 5.32 Å². The number of rotatable bonds is 5. The largest absolute Gasteiger partial charge is 0.358 e. The fraction of sp³-hybridized carbons (Fsp3) is 0.167. The molecular weight excluding hydrogens is 318 g/mol. The van der Waals surface area contributed by atoms with Gasteiger partial charge < -0.3 is 5.32 Å². The maximum absolute atomic E-state index is 11.2. The van der Waals surface area contributed by atoms with Gasteiger partial charge in [-0.1, -0.05) is 24.3 Å². The number of hydrogen-bond donors (Lipinski definition) is 1. The molecule has 126 valence electrons. The van der Waals surface area contributed by atoms with Crippen LogP contribution in [0.1, 0.15) is 24.1 Å². The number of aromatic nitrogens is 3. The van der Waals surface area contributed by atoms with E-state index in [4.69, 9.17) is 0 Å². The van der Waals surface area contributed by atoms with E-state index in [2.05, 4.69) is 20.3 Å². The van der Waals surface area contributed by atoms with Gasteiger partial charge >= 0.3 is 5.69 Å². The van der Waals surface area contributed by atoms with E-state index in [1.807, 2.05) is 31.2 Å². The Morgan fingerprint density at radius 3 is 2.40 bits per heavy atom. The van der Waals surface area contributed by atoms with Crippen molar-refractivity contribution in [2.24, 2.45) is 0 Å². The molecule has 1 atom stereocenters. The molecule has 0 aliphatic carbocycles. The predicted molar refractivity (Wildman–Crippen MR) is 95.1 cm³/mol. The minimum Gasteiger partial charge on any atom is -0.358 e. The Balaban J connectivity index is 1.80. The lowest BCUT2D eigenvalue weighted by Gasteiger charge is -2.15. The highest BCUT2D eigenvalue weighted by atomic mass is 16.6. The van der Waals surface area contributed by atoms with Crippen LogP contribution in [0, 0.1) is 17.0 Å². The molecular formula is C18H17N5O2. The lowest BCUT2D eigenvalue weighted by Crippen LogP contribution is -2.10. The van der Waals surface area contributed by atoms with Crippen LogP contribution in [-0.2, 0) is 0 Å². The van der Waals surface area contributed by atoms with Crippen molar-refractivity contribution in [2.45, 2.75) is 19.9 Å². The number of aryl methyl sites for hydroxylation is 1. The zero-order valence-electron chi connectivity index (χ0n) is 13.9. The summed E-state index contributed by atoms with van der Waals surface area (Å²) in [5.74, 6) is 0.267. The third-order valence-electron chi connectivity index (χ3n) is 3.86. The third kappa shape index (κ3) is 3.77. The number of hydrogen-bond acceptors (Lipinski definition) is 6. The van der Waals surface area contributed by atoms with Crippen molar-refractivity contribution in [3.05, 3.63) is 76.5 Å². The molecule has 0 aliphatic heterocycles. The Labute approximate surface area is 145 Å². The van der Waals surface area contributed by atoms with Gasteiger partial charge in [0.2, 0.25) is 5.82 Å². The fourth-order valence-corrected chi connectivity index (χ4v) is 2.50. The Kier molecular flexibility index (Phi) is 4.65. The lowest BCUT2D eigenvalue weighted by molar-refractivity contribution is -0.384. The number of nitrogens with zero attached hydrogens (tertiary/aromatic N) is 4.